The van der Waals surface area contributed by atoms with Gasteiger partial charge in [0.1, 0.15) is 5.57 Å². The number of pyridine rings is 1. The summed E-state index contributed by atoms with van der Waals surface area (Å²) in [6.45, 7) is 5.50. The van der Waals surface area contributed by atoms with E-state index < -0.39 is 5.97 Å². The van der Waals surface area contributed by atoms with Gasteiger partial charge in [0, 0.05) is 24.3 Å². The van der Waals surface area contributed by atoms with Crippen molar-refractivity contribution in [3.8, 4) is 11.1 Å². The van der Waals surface area contributed by atoms with E-state index in [0.717, 1.165) is 16.8 Å². The van der Waals surface area contributed by atoms with Crippen LogP contribution in [0.4, 0.5) is 5.69 Å². The number of carbonyl (C=O) groups is 2. The van der Waals surface area contributed by atoms with Gasteiger partial charge in [0.2, 0.25) is 0 Å². The van der Waals surface area contributed by atoms with Gasteiger partial charge >= 0.3 is 5.97 Å². The second-order valence-electron chi connectivity index (χ2n) is 6.07. The van der Waals surface area contributed by atoms with Gasteiger partial charge in [0.05, 0.1) is 6.61 Å². The van der Waals surface area contributed by atoms with Gasteiger partial charge in [-0.1, -0.05) is 26.0 Å². The normalized spacial score (nSPS) is 11.3. The van der Waals surface area contributed by atoms with Gasteiger partial charge in [-0.3, -0.25) is 9.78 Å². The van der Waals surface area contributed by atoms with Crippen LogP contribution in [0.15, 0.2) is 60.6 Å². The molecule has 2 aromatic rings. The number of esters is 1. The molecule has 0 aliphatic rings. The number of hydrogen-bond donors (Lipinski definition) is 1. The second kappa shape index (κ2) is 8.78. The van der Waals surface area contributed by atoms with Gasteiger partial charge in [-0.2, -0.15) is 0 Å². The zero-order valence-corrected chi connectivity index (χ0v) is 14.7. The molecule has 0 radical (unpaired) electrons. The average molecular weight is 338 g/mol. The minimum Gasteiger partial charge on any atom is -0.462 e. The monoisotopic (exact) mass is 338 g/mol. The van der Waals surface area contributed by atoms with Crippen molar-refractivity contribution in [3.05, 3.63) is 60.6 Å². The maximum atomic E-state index is 12.0. The van der Waals surface area contributed by atoms with Crippen molar-refractivity contribution < 1.29 is 14.3 Å². The predicted molar refractivity (Wildman–Crippen MR) is 97.9 cm³/mol. The van der Waals surface area contributed by atoms with E-state index in [4.69, 9.17) is 4.74 Å². The molecular weight excluding hydrogens is 316 g/mol. The van der Waals surface area contributed by atoms with E-state index in [1.54, 1.807) is 12.4 Å². The second-order valence-corrected chi connectivity index (χ2v) is 6.07. The fourth-order valence-electron chi connectivity index (χ4n) is 2.11. The van der Waals surface area contributed by atoms with Crippen LogP contribution in [-0.4, -0.2) is 23.3 Å². The molecule has 1 aromatic carbocycles. The molecule has 0 fully saturated rings. The van der Waals surface area contributed by atoms with Crippen molar-refractivity contribution in [3.63, 3.8) is 0 Å². The number of benzene rings is 1. The predicted octanol–water partition coefficient (Wildman–Crippen LogP) is 3.83. The molecule has 1 aromatic heterocycles. The highest BCUT2D eigenvalue weighted by molar-refractivity contribution is 6.16. The highest BCUT2D eigenvalue weighted by Crippen LogP contribution is 2.22. The minimum absolute atomic E-state index is 0.00466. The first kappa shape index (κ1) is 18.4. The van der Waals surface area contributed by atoms with Crippen molar-refractivity contribution in [1.29, 1.82) is 0 Å². The molecule has 0 bridgehead atoms. The van der Waals surface area contributed by atoms with Crippen LogP contribution in [0.3, 0.4) is 0 Å². The van der Waals surface area contributed by atoms with Gasteiger partial charge in [-0.15, -0.1) is 0 Å². The molecular formula is C20H22N2O3. The Morgan fingerprint density at radius 1 is 1.16 bits per heavy atom. The van der Waals surface area contributed by atoms with Crippen molar-refractivity contribution in [2.45, 2.75) is 20.8 Å². The van der Waals surface area contributed by atoms with Crippen molar-refractivity contribution in [1.82, 2.24) is 4.98 Å². The summed E-state index contributed by atoms with van der Waals surface area (Å²) in [6, 6.07) is 11.5. The van der Waals surface area contributed by atoms with Crippen LogP contribution in [0.5, 0.6) is 0 Å². The number of nitrogens with one attached hydrogen (secondary N) is 1. The smallest absolute Gasteiger partial charge is 0.343 e. The van der Waals surface area contributed by atoms with Crippen LogP contribution < -0.4 is 5.32 Å². The lowest BCUT2D eigenvalue weighted by Gasteiger charge is -2.09. The molecule has 2 rings (SSSR count). The van der Waals surface area contributed by atoms with E-state index in [9.17, 15) is 9.59 Å². The van der Waals surface area contributed by atoms with E-state index in [0.29, 0.717) is 0 Å². The lowest BCUT2D eigenvalue weighted by molar-refractivity contribution is -0.141. The van der Waals surface area contributed by atoms with Crippen LogP contribution in [-0.2, 0) is 14.3 Å². The lowest BCUT2D eigenvalue weighted by Crippen LogP contribution is -2.17. The molecule has 130 valence electrons. The first-order chi connectivity index (χ1) is 12.0. The molecule has 0 amide bonds. The summed E-state index contributed by atoms with van der Waals surface area (Å²) in [7, 11) is 0. The molecule has 0 unspecified atom stereocenters. The number of nitrogens with zero attached hydrogens (tertiary/aromatic N) is 1. The molecule has 0 aliphatic carbocycles. The third-order valence-electron chi connectivity index (χ3n) is 3.41. The molecule has 5 nitrogen and oxygen atoms in total. The number of rotatable bonds is 7. The van der Waals surface area contributed by atoms with Crippen LogP contribution in [0.1, 0.15) is 20.8 Å². The zero-order valence-electron chi connectivity index (χ0n) is 14.7. The highest BCUT2D eigenvalue weighted by atomic mass is 16.5. The number of carbonyl (C=O) groups excluding carboxylic acids is 2. The van der Waals surface area contributed by atoms with Crippen LogP contribution in [0.2, 0.25) is 0 Å². The molecule has 0 atom stereocenters. The fourth-order valence-corrected chi connectivity index (χ4v) is 2.11. The Balaban J connectivity index is 2.15. The largest absolute Gasteiger partial charge is 0.462 e. The highest BCUT2D eigenvalue weighted by Gasteiger charge is 2.16. The summed E-state index contributed by atoms with van der Waals surface area (Å²) in [4.78, 5) is 27.8. The zero-order chi connectivity index (χ0) is 18.2. The quantitative estimate of drug-likeness (QED) is 0.360. The number of hydrogen-bond acceptors (Lipinski definition) is 5. The molecule has 0 aliphatic heterocycles. The van der Waals surface area contributed by atoms with Gasteiger partial charge in [0.25, 0.3) is 0 Å². The Bertz CT molecular complexity index is 768. The van der Waals surface area contributed by atoms with Crippen molar-refractivity contribution >= 4 is 17.4 Å². The standard InChI is InChI=1S/C20H22N2O3/c1-14(2)13-25-20(24)19(15(3)23)12-22-18-6-4-5-17(11-18)16-7-9-21-10-8-16/h4-12,14,22H,13H2,1-3H3/b19-12-. The Labute approximate surface area is 147 Å². The number of ether oxygens (including phenoxy) is 1. The van der Waals surface area contributed by atoms with Gasteiger partial charge in [-0.25, -0.2) is 4.79 Å². The topological polar surface area (TPSA) is 68.3 Å². The van der Waals surface area contributed by atoms with Crippen LogP contribution in [0.25, 0.3) is 11.1 Å². The number of anilines is 1. The summed E-state index contributed by atoms with van der Waals surface area (Å²) >= 11 is 0. The summed E-state index contributed by atoms with van der Waals surface area (Å²) in [5.74, 6) is -0.743. The first-order valence-electron chi connectivity index (χ1n) is 8.12. The van der Waals surface area contributed by atoms with E-state index in [1.807, 2.05) is 50.2 Å². The minimum atomic E-state index is -0.612. The Hall–Kier alpha value is -2.95. The van der Waals surface area contributed by atoms with Gasteiger partial charge < -0.3 is 10.1 Å². The van der Waals surface area contributed by atoms with Gasteiger partial charge in [-0.05, 0) is 48.2 Å². The van der Waals surface area contributed by atoms with E-state index in [2.05, 4.69) is 10.3 Å². The molecule has 0 saturated carbocycles. The Morgan fingerprint density at radius 3 is 2.52 bits per heavy atom. The Kier molecular flexibility index (Phi) is 6.46. The number of ketones is 1. The molecule has 1 heterocycles. The fraction of sp³-hybridized carbons (Fsp3) is 0.250. The molecule has 0 spiro atoms. The Morgan fingerprint density at radius 2 is 1.88 bits per heavy atom. The lowest BCUT2D eigenvalue weighted by atomic mass is 10.1. The van der Waals surface area contributed by atoms with Crippen LogP contribution in [0, 0.1) is 5.92 Å². The van der Waals surface area contributed by atoms with E-state index in [1.165, 1.54) is 13.1 Å². The SMILES string of the molecule is CC(=O)/C(=C/Nc1cccc(-c2ccncc2)c1)C(=O)OCC(C)C. The summed E-state index contributed by atoms with van der Waals surface area (Å²) in [6.07, 6.45) is 4.86. The summed E-state index contributed by atoms with van der Waals surface area (Å²) < 4.78 is 5.13. The molecule has 5 heteroatoms. The van der Waals surface area contributed by atoms with Crippen molar-refractivity contribution in [2.75, 3.05) is 11.9 Å². The average Bonchev–Trinajstić information content (AvgIpc) is 2.61. The first-order valence-corrected chi connectivity index (χ1v) is 8.12. The molecule has 0 saturated heterocycles. The van der Waals surface area contributed by atoms with E-state index >= 15 is 0 Å². The summed E-state index contributed by atoms with van der Waals surface area (Å²) in [5.41, 5.74) is 2.80. The van der Waals surface area contributed by atoms with Gasteiger partial charge in [0.15, 0.2) is 5.78 Å². The maximum Gasteiger partial charge on any atom is 0.343 e. The van der Waals surface area contributed by atoms with Crippen LogP contribution >= 0.6 is 0 Å². The summed E-state index contributed by atoms with van der Waals surface area (Å²) in [5, 5.41) is 3.01. The third kappa shape index (κ3) is 5.57. The molecule has 1 N–H and O–H groups in total. The van der Waals surface area contributed by atoms with Crippen molar-refractivity contribution in [2.24, 2.45) is 5.92 Å². The van der Waals surface area contributed by atoms with E-state index in [-0.39, 0.29) is 23.9 Å². The number of Topliss-reactive ketones (excluding diaryl/α,β-unsaturated/α-hetero) is 1. The molecule has 25 heavy (non-hydrogen) atoms. The number of aromatic nitrogens is 1. The maximum absolute atomic E-state index is 12.0. The third-order valence-corrected chi connectivity index (χ3v) is 3.41.